The van der Waals surface area contributed by atoms with Gasteiger partial charge in [0.15, 0.2) is 6.29 Å². The summed E-state index contributed by atoms with van der Waals surface area (Å²) >= 11 is 0. The number of hydrogen-bond acceptors (Lipinski definition) is 9. The maximum Gasteiger partial charge on any atom is 0.331 e. The van der Waals surface area contributed by atoms with Gasteiger partial charge < -0.3 is 39.7 Å². The number of fused-ring (bicyclic) bond motifs is 5. The van der Waals surface area contributed by atoms with E-state index in [9.17, 15) is 30.3 Å². The number of aliphatic hydroxyl groups excluding tert-OH is 4. The van der Waals surface area contributed by atoms with E-state index in [0.717, 1.165) is 63.4 Å². The molecule has 5 fully saturated rings. The molecule has 6 aliphatic rings. The molecule has 0 amide bonds. The molecular weight excluding hydrogens is 492 g/mol. The van der Waals surface area contributed by atoms with Crippen molar-refractivity contribution in [2.75, 3.05) is 13.2 Å². The first kappa shape index (κ1) is 27.1. The first-order valence-electron chi connectivity index (χ1n) is 14.6. The lowest BCUT2D eigenvalue weighted by Gasteiger charge is -2.64. The molecule has 2 aliphatic heterocycles. The molecule has 0 aromatic heterocycles. The quantitative estimate of drug-likeness (QED) is 0.266. The molecule has 38 heavy (non-hydrogen) atoms. The lowest BCUT2D eigenvalue weighted by atomic mass is 9.43. The predicted octanol–water partition coefficient (Wildman–Crippen LogP) is 1.43. The maximum absolute atomic E-state index is 12.4. The van der Waals surface area contributed by atoms with Gasteiger partial charge in [-0.2, -0.15) is 0 Å². The molecule has 2 heterocycles. The zero-order valence-electron chi connectivity index (χ0n) is 22.5. The Labute approximate surface area is 224 Å². The van der Waals surface area contributed by atoms with E-state index >= 15 is 0 Å². The van der Waals surface area contributed by atoms with E-state index in [4.69, 9.17) is 14.2 Å². The predicted molar refractivity (Wildman–Crippen MR) is 134 cm³/mol. The van der Waals surface area contributed by atoms with Crippen molar-refractivity contribution in [3.8, 4) is 0 Å². The van der Waals surface area contributed by atoms with Crippen LogP contribution in [0.25, 0.3) is 0 Å². The smallest absolute Gasteiger partial charge is 0.331 e. The van der Waals surface area contributed by atoms with Gasteiger partial charge in [0, 0.05) is 11.5 Å². The average molecular weight is 537 g/mol. The van der Waals surface area contributed by atoms with Gasteiger partial charge in [-0.1, -0.05) is 13.8 Å². The lowest BCUT2D eigenvalue weighted by molar-refractivity contribution is -0.317. The van der Waals surface area contributed by atoms with Crippen molar-refractivity contribution in [1.29, 1.82) is 0 Å². The summed E-state index contributed by atoms with van der Waals surface area (Å²) in [4.78, 5) is 11.8. The number of rotatable bonds is 4. The first-order chi connectivity index (χ1) is 18.0. The van der Waals surface area contributed by atoms with Crippen molar-refractivity contribution in [3.05, 3.63) is 11.6 Å². The van der Waals surface area contributed by atoms with Crippen LogP contribution in [0.2, 0.25) is 0 Å². The number of hydrogen-bond donors (Lipinski definition) is 5. The van der Waals surface area contributed by atoms with Crippen LogP contribution in [0, 0.1) is 34.5 Å². The van der Waals surface area contributed by atoms with Gasteiger partial charge in [0.1, 0.15) is 31.0 Å². The van der Waals surface area contributed by atoms with Crippen LogP contribution in [0.4, 0.5) is 0 Å². The summed E-state index contributed by atoms with van der Waals surface area (Å²) < 4.78 is 17.0. The minimum atomic E-state index is -1.44. The highest BCUT2D eigenvalue weighted by Crippen LogP contribution is 2.70. The molecular formula is C29H44O9. The molecule has 4 saturated carbocycles. The fraction of sp³-hybridized carbons (Fsp3) is 0.897. The zero-order chi connectivity index (χ0) is 27.0. The number of ether oxygens (including phenoxy) is 3. The van der Waals surface area contributed by atoms with E-state index in [1.165, 1.54) is 0 Å². The second kappa shape index (κ2) is 9.50. The van der Waals surface area contributed by atoms with Gasteiger partial charge in [-0.15, -0.1) is 0 Å². The normalized spacial score (nSPS) is 54.5. The molecule has 4 aliphatic carbocycles. The monoisotopic (exact) mass is 536 g/mol. The fourth-order valence-electron chi connectivity index (χ4n) is 9.86. The average Bonchev–Trinajstić information content (AvgIpc) is 3.44. The molecule has 0 radical (unpaired) electrons. The lowest BCUT2D eigenvalue weighted by Crippen LogP contribution is -2.63. The number of aliphatic hydroxyl groups is 5. The Morgan fingerprint density at radius 2 is 1.76 bits per heavy atom. The molecule has 0 spiro atoms. The Balaban J connectivity index is 1.15. The van der Waals surface area contributed by atoms with Crippen molar-refractivity contribution in [1.82, 2.24) is 0 Å². The molecule has 9 nitrogen and oxygen atoms in total. The van der Waals surface area contributed by atoms with Crippen molar-refractivity contribution < 1.29 is 44.5 Å². The molecule has 9 heteroatoms. The highest BCUT2D eigenvalue weighted by Gasteiger charge is 2.67. The van der Waals surface area contributed by atoms with Crippen LogP contribution in [-0.2, 0) is 19.0 Å². The zero-order valence-corrected chi connectivity index (χ0v) is 22.5. The minimum absolute atomic E-state index is 0.0823. The van der Waals surface area contributed by atoms with E-state index in [1.54, 1.807) is 6.08 Å². The van der Waals surface area contributed by atoms with Gasteiger partial charge in [0.05, 0.1) is 18.3 Å². The summed E-state index contributed by atoms with van der Waals surface area (Å²) in [5.74, 6) is 0.994. The maximum atomic E-state index is 12.4. The van der Waals surface area contributed by atoms with E-state index in [2.05, 4.69) is 13.8 Å². The Bertz CT molecular complexity index is 968. The number of esters is 1. The summed E-state index contributed by atoms with van der Waals surface area (Å²) in [5, 5.41) is 52.6. The highest BCUT2D eigenvalue weighted by molar-refractivity contribution is 5.85. The fourth-order valence-corrected chi connectivity index (χ4v) is 9.86. The van der Waals surface area contributed by atoms with Gasteiger partial charge in [0.25, 0.3) is 0 Å². The first-order valence-corrected chi connectivity index (χ1v) is 14.6. The van der Waals surface area contributed by atoms with Crippen LogP contribution in [0.5, 0.6) is 0 Å². The Kier molecular flexibility index (Phi) is 6.78. The van der Waals surface area contributed by atoms with E-state index in [-0.39, 0.29) is 34.7 Å². The summed E-state index contributed by atoms with van der Waals surface area (Å²) in [6.45, 7) is 4.52. The Morgan fingerprint density at radius 1 is 0.974 bits per heavy atom. The number of carbonyl (C=O) groups excluding carboxylic acids is 1. The topological polar surface area (TPSA) is 146 Å². The van der Waals surface area contributed by atoms with Crippen LogP contribution in [0.1, 0.15) is 71.6 Å². The standard InChI is InChI=1S/C29H44O9/c1-27-8-5-17(37-26-25(34)24(33)23(32)21(13-30)38-26)12-16(27)3-4-20-19(27)6-9-28(2)18(7-10-29(20,28)35)15-11-22(31)36-14-15/h11,16-21,23-26,30,32-35H,3-10,12-14H2,1-2H3/t16-,17+,18-,19+,20-,21+,23-,24+,25+,26-,27+,28-,29+/m1/s1. The van der Waals surface area contributed by atoms with Crippen LogP contribution in [0.15, 0.2) is 11.6 Å². The second-order valence-corrected chi connectivity index (χ2v) is 13.5. The molecule has 214 valence electrons. The van der Waals surface area contributed by atoms with Gasteiger partial charge in [-0.25, -0.2) is 4.79 Å². The van der Waals surface area contributed by atoms with Crippen LogP contribution >= 0.6 is 0 Å². The number of carbonyl (C=O) groups is 1. The molecule has 0 aromatic rings. The van der Waals surface area contributed by atoms with Crippen molar-refractivity contribution >= 4 is 5.97 Å². The second-order valence-electron chi connectivity index (χ2n) is 13.5. The summed E-state index contributed by atoms with van der Waals surface area (Å²) in [6, 6.07) is 0. The van der Waals surface area contributed by atoms with E-state index in [1.807, 2.05) is 0 Å². The summed E-state index contributed by atoms with van der Waals surface area (Å²) in [5.41, 5.74) is 0.141. The van der Waals surface area contributed by atoms with E-state index in [0.29, 0.717) is 18.4 Å². The third kappa shape index (κ3) is 3.87. The van der Waals surface area contributed by atoms with Crippen LogP contribution in [0.3, 0.4) is 0 Å². The van der Waals surface area contributed by atoms with E-state index < -0.39 is 42.9 Å². The molecule has 0 bridgehead atoms. The van der Waals surface area contributed by atoms with Gasteiger partial charge in [-0.3, -0.25) is 0 Å². The van der Waals surface area contributed by atoms with Crippen LogP contribution < -0.4 is 0 Å². The number of cyclic esters (lactones) is 1. The van der Waals surface area contributed by atoms with Crippen molar-refractivity contribution in [2.24, 2.45) is 34.5 Å². The van der Waals surface area contributed by atoms with Crippen LogP contribution in [-0.4, -0.2) is 87.1 Å². The van der Waals surface area contributed by atoms with Crippen molar-refractivity contribution in [3.63, 3.8) is 0 Å². The molecule has 6 rings (SSSR count). The van der Waals surface area contributed by atoms with Gasteiger partial charge in [0.2, 0.25) is 0 Å². The SMILES string of the molecule is C[C@]12CC[C@H](O[C@@H]3O[C@@H](CO)[C@@H](O)[C@H](O)[C@@H]3O)C[C@H]1CC[C@@H]1[C@@H]2CC[C@]2(C)[C@@H](C3=CC(=O)OC3)CC[C@]12O. The molecule has 0 unspecified atom stereocenters. The summed E-state index contributed by atoms with van der Waals surface area (Å²) in [7, 11) is 0. The molecule has 1 saturated heterocycles. The third-order valence-corrected chi connectivity index (χ3v) is 12.1. The van der Waals surface area contributed by atoms with Crippen molar-refractivity contribution in [2.45, 2.75) is 114 Å². The Hall–Kier alpha value is -1.07. The molecule has 5 N–H and O–H groups in total. The third-order valence-electron chi connectivity index (χ3n) is 12.1. The Morgan fingerprint density at radius 3 is 2.47 bits per heavy atom. The van der Waals surface area contributed by atoms with Gasteiger partial charge >= 0.3 is 5.97 Å². The minimum Gasteiger partial charge on any atom is -0.458 e. The highest BCUT2D eigenvalue weighted by atomic mass is 16.7. The molecule has 13 atom stereocenters. The van der Waals surface area contributed by atoms with Gasteiger partial charge in [-0.05, 0) is 92.4 Å². The largest absolute Gasteiger partial charge is 0.458 e. The summed E-state index contributed by atoms with van der Waals surface area (Å²) in [6.07, 6.45) is 3.41. The molecule has 0 aromatic carbocycles.